The third kappa shape index (κ3) is 3.02. The number of hydrogen-bond acceptors (Lipinski definition) is 3. The molecule has 20 heavy (non-hydrogen) atoms. The first-order valence-corrected chi connectivity index (χ1v) is 8.67. The highest BCUT2D eigenvalue weighted by molar-refractivity contribution is 7.10. The first-order valence-electron chi connectivity index (χ1n) is 6.85. The van der Waals surface area contributed by atoms with Crippen molar-refractivity contribution < 1.29 is 4.79 Å². The van der Waals surface area contributed by atoms with Crippen molar-refractivity contribution >= 4 is 28.6 Å². The molecule has 2 aromatic rings. The zero-order valence-electron chi connectivity index (χ0n) is 11.1. The van der Waals surface area contributed by atoms with E-state index in [4.69, 9.17) is 0 Å². The second-order valence-electron chi connectivity index (χ2n) is 5.00. The number of amides is 1. The van der Waals surface area contributed by atoms with Crippen molar-refractivity contribution in [3.63, 3.8) is 0 Å². The molecule has 0 saturated carbocycles. The molecule has 104 valence electrons. The van der Waals surface area contributed by atoms with Crippen molar-refractivity contribution in [2.75, 3.05) is 0 Å². The van der Waals surface area contributed by atoms with Crippen LogP contribution in [0.25, 0.3) is 0 Å². The Labute approximate surface area is 127 Å². The number of allylic oxidation sites excluding steroid dienone is 2. The molecule has 3 rings (SSSR count). The molecule has 0 radical (unpaired) electrons. The summed E-state index contributed by atoms with van der Waals surface area (Å²) in [4.78, 5) is 13.7. The smallest absolute Gasteiger partial charge is 0.224 e. The van der Waals surface area contributed by atoms with Gasteiger partial charge in [-0.25, -0.2) is 0 Å². The molecule has 2 atom stereocenters. The maximum absolute atomic E-state index is 12.5. The lowest BCUT2D eigenvalue weighted by Crippen LogP contribution is -2.34. The lowest BCUT2D eigenvalue weighted by Gasteiger charge is -2.22. The first kappa shape index (κ1) is 13.6. The lowest BCUT2D eigenvalue weighted by molar-refractivity contribution is -0.125. The molecule has 1 aliphatic carbocycles. The quantitative estimate of drug-likeness (QED) is 0.835. The molecule has 1 N–H and O–H groups in total. The highest BCUT2D eigenvalue weighted by atomic mass is 32.1. The van der Waals surface area contributed by atoms with Crippen LogP contribution in [0.15, 0.2) is 46.5 Å². The summed E-state index contributed by atoms with van der Waals surface area (Å²) in [6, 6.07) is 6.22. The summed E-state index contributed by atoms with van der Waals surface area (Å²) in [7, 11) is 0. The number of carbonyl (C=O) groups is 1. The molecule has 0 spiro atoms. The first-order chi connectivity index (χ1) is 9.84. The van der Waals surface area contributed by atoms with Gasteiger partial charge in [-0.15, -0.1) is 11.3 Å². The molecule has 4 heteroatoms. The summed E-state index contributed by atoms with van der Waals surface area (Å²) < 4.78 is 0. The van der Waals surface area contributed by atoms with E-state index in [1.54, 1.807) is 22.7 Å². The van der Waals surface area contributed by atoms with Gasteiger partial charge in [-0.3, -0.25) is 4.79 Å². The van der Waals surface area contributed by atoms with Crippen molar-refractivity contribution in [3.8, 4) is 0 Å². The number of carbonyl (C=O) groups excluding carboxylic acids is 1. The largest absolute Gasteiger partial charge is 0.344 e. The van der Waals surface area contributed by atoms with Crippen molar-refractivity contribution in [2.45, 2.75) is 25.3 Å². The SMILES string of the molecule is O=C(NC(c1ccsc1)c1cccs1)C1CC=CCC1. The summed E-state index contributed by atoms with van der Waals surface area (Å²) in [5.74, 6) is 0.306. The molecule has 2 aromatic heterocycles. The van der Waals surface area contributed by atoms with Crippen molar-refractivity contribution in [3.05, 3.63) is 56.9 Å². The molecule has 0 bridgehead atoms. The van der Waals surface area contributed by atoms with E-state index in [2.05, 4.69) is 45.7 Å². The Bertz CT molecular complexity index is 537. The summed E-state index contributed by atoms with van der Waals surface area (Å²) in [6.07, 6.45) is 7.13. The topological polar surface area (TPSA) is 29.1 Å². The number of rotatable bonds is 4. The van der Waals surface area contributed by atoms with E-state index < -0.39 is 0 Å². The van der Waals surface area contributed by atoms with E-state index in [1.807, 2.05) is 6.07 Å². The van der Waals surface area contributed by atoms with Crippen LogP contribution < -0.4 is 5.32 Å². The maximum atomic E-state index is 12.5. The Hall–Kier alpha value is -1.39. The second kappa shape index (κ2) is 6.37. The van der Waals surface area contributed by atoms with Gasteiger partial charge in [0.1, 0.15) is 0 Å². The van der Waals surface area contributed by atoms with Crippen LogP contribution in [0, 0.1) is 5.92 Å². The van der Waals surface area contributed by atoms with Gasteiger partial charge in [0.2, 0.25) is 5.91 Å². The lowest BCUT2D eigenvalue weighted by atomic mass is 9.93. The second-order valence-corrected chi connectivity index (χ2v) is 6.75. The predicted molar refractivity (Wildman–Crippen MR) is 85.1 cm³/mol. The van der Waals surface area contributed by atoms with Gasteiger partial charge in [0, 0.05) is 10.8 Å². The molecule has 2 unspecified atom stereocenters. The Kier molecular flexibility index (Phi) is 4.33. The molecular formula is C16H17NOS2. The molecule has 2 nitrogen and oxygen atoms in total. The highest BCUT2D eigenvalue weighted by Gasteiger charge is 2.24. The number of hydrogen-bond donors (Lipinski definition) is 1. The van der Waals surface area contributed by atoms with Crippen LogP contribution in [-0.4, -0.2) is 5.91 Å². The van der Waals surface area contributed by atoms with Crippen molar-refractivity contribution in [2.24, 2.45) is 5.92 Å². The van der Waals surface area contributed by atoms with E-state index in [1.165, 1.54) is 10.4 Å². The standard InChI is InChI=1S/C16H17NOS2/c18-16(12-5-2-1-3-6-12)17-15(13-8-10-19-11-13)14-7-4-9-20-14/h1-2,4,7-12,15H,3,5-6H2,(H,17,18). The van der Waals surface area contributed by atoms with E-state index in [9.17, 15) is 4.79 Å². The van der Waals surface area contributed by atoms with Crippen LogP contribution in [0.1, 0.15) is 35.7 Å². The van der Waals surface area contributed by atoms with Crippen LogP contribution in [0.2, 0.25) is 0 Å². The minimum Gasteiger partial charge on any atom is -0.344 e. The van der Waals surface area contributed by atoms with Gasteiger partial charge in [0.05, 0.1) is 6.04 Å². The average molecular weight is 303 g/mol. The van der Waals surface area contributed by atoms with Gasteiger partial charge >= 0.3 is 0 Å². The average Bonchev–Trinajstić information content (AvgIpc) is 3.19. The molecule has 0 aliphatic heterocycles. The fraction of sp³-hybridized carbons (Fsp3) is 0.312. The zero-order chi connectivity index (χ0) is 13.8. The molecule has 0 saturated heterocycles. The van der Waals surface area contributed by atoms with Crippen molar-refractivity contribution in [1.29, 1.82) is 0 Å². The number of thiophene rings is 2. The van der Waals surface area contributed by atoms with E-state index in [0.717, 1.165) is 19.3 Å². The number of nitrogens with one attached hydrogen (secondary N) is 1. The Morgan fingerprint density at radius 1 is 1.30 bits per heavy atom. The summed E-state index contributed by atoms with van der Waals surface area (Å²) >= 11 is 3.36. The Balaban J connectivity index is 1.77. The minimum absolute atomic E-state index is 0.000318. The fourth-order valence-electron chi connectivity index (χ4n) is 2.51. The zero-order valence-corrected chi connectivity index (χ0v) is 12.8. The van der Waals surface area contributed by atoms with Crippen LogP contribution in [0.3, 0.4) is 0 Å². The fourth-order valence-corrected chi connectivity index (χ4v) is 3.99. The molecule has 0 aromatic carbocycles. The normalized spacial score (nSPS) is 19.7. The van der Waals surface area contributed by atoms with Gasteiger partial charge in [-0.05, 0) is 53.1 Å². The monoisotopic (exact) mass is 303 g/mol. The third-order valence-electron chi connectivity index (χ3n) is 3.63. The molecule has 1 aliphatic rings. The van der Waals surface area contributed by atoms with E-state index in [-0.39, 0.29) is 17.9 Å². The minimum atomic E-state index is -0.000318. The van der Waals surface area contributed by atoms with Crippen LogP contribution in [0.5, 0.6) is 0 Å². The van der Waals surface area contributed by atoms with Gasteiger partial charge in [0.25, 0.3) is 0 Å². The summed E-state index contributed by atoms with van der Waals surface area (Å²) in [6.45, 7) is 0. The Morgan fingerprint density at radius 3 is 2.90 bits per heavy atom. The Morgan fingerprint density at radius 2 is 2.25 bits per heavy atom. The van der Waals surface area contributed by atoms with Crippen molar-refractivity contribution in [1.82, 2.24) is 5.32 Å². The maximum Gasteiger partial charge on any atom is 0.224 e. The van der Waals surface area contributed by atoms with Crippen LogP contribution in [-0.2, 0) is 4.79 Å². The third-order valence-corrected chi connectivity index (χ3v) is 5.27. The molecule has 0 fully saturated rings. The molecular weight excluding hydrogens is 286 g/mol. The van der Waals surface area contributed by atoms with Crippen LogP contribution >= 0.6 is 22.7 Å². The van der Waals surface area contributed by atoms with Crippen LogP contribution in [0.4, 0.5) is 0 Å². The van der Waals surface area contributed by atoms with Gasteiger partial charge in [-0.1, -0.05) is 18.2 Å². The molecule has 1 amide bonds. The van der Waals surface area contributed by atoms with Gasteiger partial charge in [0.15, 0.2) is 0 Å². The van der Waals surface area contributed by atoms with E-state index >= 15 is 0 Å². The van der Waals surface area contributed by atoms with Gasteiger partial charge in [-0.2, -0.15) is 11.3 Å². The predicted octanol–water partition coefficient (Wildman–Crippen LogP) is 4.37. The molecule has 2 heterocycles. The van der Waals surface area contributed by atoms with Gasteiger partial charge < -0.3 is 5.32 Å². The van der Waals surface area contributed by atoms with E-state index in [0.29, 0.717) is 0 Å². The summed E-state index contributed by atoms with van der Waals surface area (Å²) in [5.41, 5.74) is 1.18. The summed E-state index contributed by atoms with van der Waals surface area (Å²) in [5, 5.41) is 9.47. The highest BCUT2D eigenvalue weighted by Crippen LogP contribution is 2.29.